The monoisotopic (exact) mass is 253 g/mol. The van der Waals surface area contributed by atoms with Gasteiger partial charge in [0.1, 0.15) is 6.42 Å². The van der Waals surface area contributed by atoms with Crippen LogP contribution in [0.5, 0.6) is 0 Å². The Hall–Kier alpha value is -1.27. The fourth-order valence-corrected chi connectivity index (χ4v) is 1.93. The molecule has 7 heteroatoms. The number of likely N-dealkylation sites (tertiary alicyclic amines) is 1. The molecule has 0 aromatic carbocycles. The van der Waals surface area contributed by atoms with Crippen molar-refractivity contribution >= 4 is 11.9 Å². The van der Waals surface area contributed by atoms with Crippen LogP contribution in [0.3, 0.4) is 0 Å². The van der Waals surface area contributed by atoms with Gasteiger partial charge in [0.15, 0.2) is 0 Å². The van der Waals surface area contributed by atoms with E-state index in [-0.39, 0.29) is 12.6 Å². The molecule has 1 fully saturated rings. The number of rotatable bonds is 2. The number of carbonyl (C=O) groups is 2. The number of hydrogen-bond donors (Lipinski definition) is 1. The van der Waals surface area contributed by atoms with Gasteiger partial charge >= 0.3 is 12.1 Å². The van der Waals surface area contributed by atoms with Gasteiger partial charge in [-0.05, 0) is 19.8 Å². The Kier molecular flexibility index (Phi) is 4.00. The summed E-state index contributed by atoms with van der Waals surface area (Å²) in [4.78, 5) is 23.2. The lowest BCUT2D eigenvalue weighted by atomic mass is 9.93. The number of carboxylic acid groups (broad SMARTS) is 1. The van der Waals surface area contributed by atoms with Gasteiger partial charge < -0.3 is 10.0 Å². The Bertz CT molecular complexity index is 316. The van der Waals surface area contributed by atoms with Crippen LogP contribution in [0.4, 0.5) is 13.2 Å². The first-order valence-corrected chi connectivity index (χ1v) is 5.29. The molecular formula is C10H14F3NO3. The van der Waals surface area contributed by atoms with Gasteiger partial charge in [0.05, 0.1) is 5.92 Å². The molecule has 0 aromatic heterocycles. The van der Waals surface area contributed by atoms with Crippen molar-refractivity contribution in [3.8, 4) is 0 Å². The summed E-state index contributed by atoms with van der Waals surface area (Å²) in [6.45, 7) is 1.50. The molecule has 1 rings (SSSR count). The lowest BCUT2D eigenvalue weighted by Gasteiger charge is -2.36. The first-order valence-electron chi connectivity index (χ1n) is 5.29. The number of carbonyl (C=O) groups excluding carboxylic acids is 1. The quantitative estimate of drug-likeness (QED) is 0.814. The molecule has 0 saturated carbocycles. The van der Waals surface area contributed by atoms with Crippen molar-refractivity contribution in [3.63, 3.8) is 0 Å². The fraction of sp³-hybridized carbons (Fsp3) is 0.800. The molecule has 1 saturated heterocycles. The minimum Gasteiger partial charge on any atom is -0.481 e. The Morgan fingerprint density at radius 3 is 2.41 bits per heavy atom. The highest BCUT2D eigenvalue weighted by Gasteiger charge is 2.38. The minimum atomic E-state index is -4.55. The zero-order valence-corrected chi connectivity index (χ0v) is 9.33. The molecule has 17 heavy (non-hydrogen) atoms. The maximum absolute atomic E-state index is 12.1. The van der Waals surface area contributed by atoms with Crippen LogP contribution in [0.25, 0.3) is 0 Å². The van der Waals surface area contributed by atoms with E-state index in [1.54, 1.807) is 6.92 Å². The number of alkyl halides is 3. The maximum Gasteiger partial charge on any atom is 0.397 e. The Morgan fingerprint density at radius 1 is 1.35 bits per heavy atom. The molecule has 0 aliphatic carbocycles. The van der Waals surface area contributed by atoms with Crippen molar-refractivity contribution < 1.29 is 27.9 Å². The average molecular weight is 253 g/mol. The molecule has 2 unspecified atom stereocenters. The summed E-state index contributed by atoms with van der Waals surface area (Å²) in [7, 11) is 0. The second-order valence-electron chi connectivity index (χ2n) is 4.30. The first kappa shape index (κ1) is 13.8. The smallest absolute Gasteiger partial charge is 0.397 e. The van der Waals surface area contributed by atoms with Crippen molar-refractivity contribution in [3.05, 3.63) is 0 Å². The molecule has 1 heterocycles. The van der Waals surface area contributed by atoms with E-state index in [9.17, 15) is 22.8 Å². The molecule has 98 valence electrons. The fourth-order valence-electron chi connectivity index (χ4n) is 1.93. The van der Waals surface area contributed by atoms with Crippen molar-refractivity contribution in [2.24, 2.45) is 5.92 Å². The van der Waals surface area contributed by atoms with E-state index >= 15 is 0 Å². The third kappa shape index (κ3) is 3.90. The standard InChI is InChI=1S/C10H14F3NO3/c1-6-2-3-7(9(16)17)5-14(6)8(15)4-10(11,12)13/h6-7H,2-5H2,1H3,(H,16,17). The van der Waals surface area contributed by atoms with Gasteiger partial charge in [-0.25, -0.2) is 0 Å². The van der Waals surface area contributed by atoms with Crippen LogP contribution in [0.2, 0.25) is 0 Å². The Labute approximate surface area is 96.4 Å². The highest BCUT2D eigenvalue weighted by Crippen LogP contribution is 2.26. The van der Waals surface area contributed by atoms with Crippen molar-refractivity contribution in [2.75, 3.05) is 6.54 Å². The van der Waals surface area contributed by atoms with E-state index in [1.165, 1.54) is 0 Å². The number of carboxylic acids is 1. The van der Waals surface area contributed by atoms with Crippen LogP contribution in [-0.4, -0.2) is 40.6 Å². The topological polar surface area (TPSA) is 57.6 Å². The van der Waals surface area contributed by atoms with Crippen molar-refractivity contribution in [2.45, 2.75) is 38.4 Å². The average Bonchev–Trinajstić information content (AvgIpc) is 2.14. The molecule has 2 atom stereocenters. The van der Waals surface area contributed by atoms with E-state index in [4.69, 9.17) is 5.11 Å². The lowest BCUT2D eigenvalue weighted by Crippen LogP contribution is -2.48. The predicted molar refractivity (Wildman–Crippen MR) is 52.2 cm³/mol. The summed E-state index contributed by atoms with van der Waals surface area (Å²) >= 11 is 0. The van der Waals surface area contributed by atoms with Crippen LogP contribution in [-0.2, 0) is 9.59 Å². The van der Waals surface area contributed by atoms with Crippen LogP contribution in [0.1, 0.15) is 26.2 Å². The molecule has 0 spiro atoms. The van der Waals surface area contributed by atoms with E-state index in [0.29, 0.717) is 12.8 Å². The maximum atomic E-state index is 12.1. The zero-order valence-electron chi connectivity index (χ0n) is 9.33. The predicted octanol–water partition coefficient (Wildman–Crippen LogP) is 1.65. The van der Waals surface area contributed by atoms with Gasteiger partial charge in [-0.2, -0.15) is 13.2 Å². The molecule has 1 N–H and O–H groups in total. The number of amides is 1. The van der Waals surface area contributed by atoms with Gasteiger partial charge in [-0.3, -0.25) is 9.59 Å². The number of piperidine rings is 1. The summed E-state index contributed by atoms with van der Waals surface area (Å²) in [5, 5.41) is 8.80. The second kappa shape index (κ2) is 4.93. The van der Waals surface area contributed by atoms with Gasteiger partial charge in [0.2, 0.25) is 5.91 Å². The third-order valence-electron chi connectivity index (χ3n) is 2.90. The summed E-state index contributed by atoms with van der Waals surface area (Å²) in [6.07, 6.45) is -5.26. The lowest BCUT2D eigenvalue weighted by molar-refractivity contribution is -0.165. The van der Waals surface area contributed by atoms with Gasteiger partial charge in [0, 0.05) is 12.6 Å². The van der Waals surface area contributed by atoms with Gasteiger partial charge in [-0.1, -0.05) is 0 Å². The molecule has 1 aliphatic rings. The molecule has 1 amide bonds. The molecule has 4 nitrogen and oxygen atoms in total. The molecule has 0 radical (unpaired) electrons. The highest BCUT2D eigenvalue weighted by atomic mass is 19.4. The largest absolute Gasteiger partial charge is 0.481 e. The van der Waals surface area contributed by atoms with E-state index in [1.807, 2.05) is 0 Å². The second-order valence-corrected chi connectivity index (χ2v) is 4.30. The number of hydrogen-bond acceptors (Lipinski definition) is 2. The summed E-state index contributed by atoms with van der Waals surface area (Å²) in [5.41, 5.74) is 0. The van der Waals surface area contributed by atoms with Crippen LogP contribution < -0.4 is 0 Å². The molecule has 0 aromatic rings. The Balaban J connectivity index is 2.67. The third-order valence-corrected chi connectivity index (χ3v) is 2.90. The molecule has 1 aliphatic heterocycles. The Morgan fingerprint density at radius 2 is 1.94 bits per heavy atom. The summed E-state index contributed by atoms with van der Waals surface area (Å²) < 4.78 is 36.2. The zero-order chi connectivity index (χ0) is 13.2. The van der Waals surface area contributed by atoms with E-state index in [2.05, 4.69) is 0 Å². The SMILES string of the molecule is CC1CCC(C(=O)O)CN1C(=O)CC(F)(F)F. The number of halogens is 3. The van der Waals surface area contributed by atoms with Crippen molar-refractivity contribution in [1.29, 1.82) is 0 Å². The molecular weight excluding hydrogens is 239 g/mol. The number of aliphatic carboxylic acids is 1. The normalized spacial score (nSPS) is 25.8. The van der Waals surface area contributed by atoms with Gasteiger partial charge in [0.25, 0.3) is 0 Å². The van der Waals surface area contributed by atoms with Crippen LogP contribution in [0, 0.1) is 5.92 Å². The van der Waals surface area contributed by atoms with E-state index < -0.39 is 30.4 Å². The van der Waals surface area contributed by atoms with E-state index in [0.717, 1.165) is 4.90 Å². The minimum absolute atomic E-state index is 0.134. The van der Waals surface area contributed by atoms with Crippen LogP contribution >= 0.6 is 0 Å². The molecule has 0 bridgehead atoms. The first-order chi connectivity index (χ1) is 7.70. The highest BCUT2D eigenvalue weighted by molar-refractivity contribution is 5.78. The summed E-state index contributed by atoms with van der Waals surface area (Å²) in [6, 6.07) is -0.333. The van der Waals surface area contributed by atoms with Gasteiger partial charge in [-0.15, -0.1) is 0 Å². The van der Waals surface area contributed by atoms with Crippen molar-refractivity contribution in [1.82, 2.24) is 4.90 Å². The number of nitrogens with zero attached hydrogens (tertiary/aromatic N) is 1. The summed E-state index contributed by atoms with van der Waals surface area (Å²) in [5.74, 6) is -2.87. The van der Waals surface area contributed by atoms with Crippen LogP contribution in [0.15, 0.2) is 0 Å².